The number of ether oxygens (including phenoxy) is 1. The van der Waals surface area contributed by atoms with Crippen molar-refractivity contribution in [3.05, 3.63) is 130 Å². The van der Waals surface area contributed by atoms with Crippen molar-refractivity contribution in [2.24, 2.45) is 11.8 Å². The van der Waals surface area contributed by atoms with E-state index in [1.165, 1.54) is 139 Å². The van der Waals surface area contributed by atoms with Gasteiger partial charge in [-0.2, -0.15) is 0 Å². The summed E-state index contributed by atoms with van der Waals surface area (Å²) in [5, 5.41) is 5.31. The van der Waals surface area contributed by atoms with Crippen LogP contribution in [-0.4, -0.2) is 87.3 Å². The number of hydrogen-bond acceptors (Lipinski definition) is 5. The molecule has 0 spiro atoms. The van der Waals surface area contributed by atoms with Crippen LogP contribution in [0.2, 0.25) is 10.0 Å². The zero-order valence-electron chi connectivity index (χ0n) is 36.5. The summed E-state index contributed by atoms with van der Waals surface area (Å²) in [4.78, 5) is 9.85. The molecule has 9 rings (SSSR count). The monoisotopic (exact) mass is 964 g/mol. The molecule has 60 heavy (non-hydrogen) atoms. The van der Waals surface area contributed by atoms with Gasteiger partial charge in [-0.15, -0.1) is 0 Å². The molecular weight excluding hydrogens is 894 g/mol. The van der Waals surface area contributed by atoms with Crippen LogP contribution in [0.25, 0.3) is 0 Å². The number of alkyl halides is 1. The first-order valence-corrected chi connectivity index (χ1v) is 25.8. The van der Waals surface area contributed by atoms with Crippen molar-refractivity contribution in [2.45, 2.75) is 87.9 Å². The molecule has 3 heterocycles. The van der Waals surface area contributed by atoms with E-state index >= 15 is 0 Å². The Hall–Kier alpha value is -2.33. The van der Waals surface area contributed by atoms with Crippen LogP contribution in [0.5, 0.6) is 0 Å². The minimum Gasteiger partial charge on any atom is -0.385 e. The molecule has 5 nitrogen and oxygen atoms in total. The van der Waals surface area contributed by atoms with Crippen LogP contribution in [-0.2, 0) is 15.6 Å². The van der Waals surface area contributed by atoms with E-state index in [0.717, 1.165) is 48.2 Å². The third kappa shape index (κ3) is 13.8. The smallest absolute Gasteiger partial charge is 0.0466 e. The van der Waals surface area contributed by atoms with E-state index in [9.17, 15) is 0 Å². The maximum absolute atomic E-state index is 6.12. The van der Waals surface area contributed by atoms with Crippen molar-refractivity contribution >= 4 is 57.2 Å². The molecule has 1 N–H and O–H groups in total. The van der Waals surface area contributed by atoms with Crippen molar-refractivity contribution in [3.63, 3.8) is 0 Å². The second-order valence-electron chi connectivity index (χ2n) is 18.1. The second kappa shape index (κ2) is 24.5. The first-order valence-electron chi connectivity index (χ1n) is 22.9. The first kappa shape index (κ1) is 47.2. The number of rotatable bonds is 12. The Balaban J connectivity index is 0.000000174. The van der Waals surface area contributed by atoms with Gasteiger partial charge in [0.25, 0.3) is 0 Å². The highest BCUT2D eigenvalue weighted by Crippen LogP contribution is 2.46. The minimum absolute atomic E-state index is 0.359. The molecular formula is C52H71Cl2IN4O. The predicted octanol–water partition coefficient (Wildman–Crippen LogP) is 13.0. The van der Waals surface area contributed by atoms with Gasteiger partial charge in [0.1, 0.15) is 0 Å². The molecule has 5 aliphatic rings. The standard InChI is InChI=1S/C24H31ClN2.C23H29ClN2.C4H8O.CH3I/c1-26(23-8-3-2-4-9-23)17-20-7-5-16-27(18-20)19-24(14-6-15-24)21-10-12-22(25)13-11-21;24-21-11-9-20(10-12-21)23(13-5-14-23)18-26-15-4-6-19(17-26)16-25-22-7-2-1-3-8-22;1-2-4-5-3-1;1-2/h2-4,8-13,20H,5-7,14-19H2,1H3;1-3,7-12,19,25H,4-6,13-18H2;1-4H2;1H3/t20-;19-;;/m00../s1. The number of hydrogen-bond donors (Lipinski definition) is 1. The lowest BCUT2D eigenvalue weighted by molar-refractivity contribution is 0.101. The summed E-state index contributed by atoms with van der Waals surface area (Å²) in [6.45, 7) is 11.6. The summed E-state index contributed by atoms with van der Waals surface area (Å²) in [7, 11) is 2.23. The second-order valence-corrected chi connectivity index (χ2v) is 18.9. The average Bonchev–Trinajstić information content (AvgIpc) is 3.87. The molecule has 0 bridgehead atoms. The van der Waals surface area contributed by atoms with Crippen LogP contribution in [0.1, 0.15) is 88.2 Å². The molecule has 3 saturated heterocycles. The lowest BCUT2D eigenvalue weighted by Crippen LogP contribution is -2.49. The average molecular weight is 966 g/mol. The van der Waals surface area contributed by atoms with E-state index in [2.05, 4.69) is 159 Å². The number of likely N-dealkylation sites (tertiary alicyclic amines) is 2. The van der Waals surface area contributed by atoms with E-state index < -0.39 is 0 Å². The number of nitrogens with one attached hydrogen (secondary N) is 1. The van der Waals surface area contributed by atoms with Gasteiger partial charge in [-0.25, -0.2) is 0 Å². The summed E-state index contributed by atoms with van der Waals surface area (Å²) in [6.07, 6.45) is 15.9. The van der Waals surface area contributed by atoms with Gasteiger partial charge in [0.2, 0.25) is 0 Å². The molecule has 0 unspecified atom stereocenters. The van der Waals surface area contributed by atoms with Crippen molar-refractivity contribution in [2.75, 3.05) is 87.8 Å². The van der Waals surface area contributed by atoms with Crippen molar-refractivity contribution in [3.8, 4) is 0 Å². The summed E-state index contributed by atoms with van der Waals surface area (Å²) >= 11 is 14.4. The Bertz CT molecular complexity index is 1760. The third-order valence-electron chi connectivity index (χ3n) is 13.7. The molecule has 3 aliphatic heterocycles. The van der Waals surface area contributed by atoms with Gasteiger partial charge in [-0.05, 0) is 154 Å². The summed E-state index contributed by atoms with van der Waals surface area (Å²) in [5.74, 6) is 1.50. The fourth-order valence-electron chi connectivity index (χ4n) is 10.2. The van der Waals surface area contributed by atoms with E-state index in [1.54, 1.807) is 0 Å². The fourth-order valence-corrected chi connectivity index (χ4v) is 10.4. The van der Waals surface area contributed by atoms with Crippen molar-refractivity contribution in [1.82, 2.24) is 9.80 Å². The number of benzene rings is 4. The van der Waals surface area contributed by atoms with E-state index in [4.69, 9.17) is 27.9 Å². The Morgan fingerprint density at radius 3 is 1.53 bits per heavy atom. The zero-order chi connectivity index (χ0) is 42.0. The number of para-hydroxylation sites is 2. The maximum atomic E-state index is 6.12. The third-order valence-corrected chi connectivity index (χ3v) is 14.2. The predicted molar refractivity (Wildman–Crippen MR) is 267 cm³/mol. The van der Waals surface area contributed by atoms with Crippen LogP contribution in [0.15, 0.2) is 109 Å². The van der Waals surface area contributed by atoms with Crippen LogP contribution >= 0.6 is 45.8 Å². The Labute approximate surface area is 387 Å². The number of piperidine rings is 2. The van der Waals surface area contributed by atoms with Gasteiger partial charge < -0.3 is 24.8 Å². The lowest BCUT2D eigenvalue weighted by atomic mass is 9.64. The van der Waals surface area contributed by atoms with Gasteiger partial charge in [0, 0.05) is 91.8 Å². The fraction of sp³-hybridized carbons (Fsp3) is 0.538. The van der Waals surface area contributed by atoms with Crippen molar-refractivity contribution < 1.29 is 4.74 Å². The highest BCUT2D eigenvalue weighted by Gasteiger charge is 2.42. The highest BCUT2D eigenvalue weighted by molar-refractivity contribution is 14.1. The highest BCUT2D eigenvalue weighted by atomic mass is 127. The molecule has 2 atom stereocenters. The molecule has 2 aliphatic carbocycles. The van der Waals surface area contributed by atoms with Gasteiger partial charge >= 0.3 is 0 Å². The number of anilines is 2. The largest absolute Gasteiger partial charge is 0.385 e. The molecule has 4 aromatic carbocycles. The summed E-state index contributed by atoms with van der Waals surface area (Å²) in [5.41, 5.74) is 6.25. The quantitative estimate of drug-likeness (QED) is 0.113. The van der Waals surface area contributed by atoms with E-state index in [1.807, 2.05) is 4.93 Å². The molecule has 2 saturated carbocycles. The zero-order valence-corrected chi connectivity index (χ0v) is 40.2. The lowest BCUT2D eigenvalue weighted by Gasteiger charge is -2.47. The van der Waals surface area contributed by atoms with E-state index in [-0.39, 0.29) is 0 Å². The van der Waals surface area contributed by atoms with Crippen LogP contribution in [0.3, 0.4) is 0 Å². The van der Waals surface area contributed by atoms with Crippen molar-refractivity contribution in [1.29, 1.82) is 0 Å². The van der Waals surface area contributed by atoms with Gasteiger partial charge in [-0.3, -0.25) is 0 Å². The molecule has 5 fully saturated rings. The molecule has 4 aromatic rings. The maximum Gasteiger partial charge on any atom is 0.0466 e. The normalized spacial score (nSPS) is 21.9. The molecule has 0 amide bonds. The number of nitrogens with zero attached hydrogens (tertiary/aromatic N) is 3. The Morgan fingerprint density at radius 1 is 0.617 bits per heavy atom. The topological polar surface area (TPSA) is 31.0 Å². The SMILES string of the molecule is C1CCOC1.CI.CN(C[C@@H]1CCCN(CC2(c3ccc(Cl)cc3)CCC2)C1)c1ccccc1.Clc1ccc(C2(CN3CCC[C@@H](CNc4ccccc4)C3)CCC2)cc1. The molecule has 0 aromatic heterocycles. The first-order chi connectivity index (χ1) is 29.4. The van der Waals surface area contributed by atoms with Crippen LogP contribution in [0, 0.1) is 11.8 Å². The molecule has 8 heteroatoms. The molecule has 326 valence electrons. The van der Waals surface area contributed by atoms with E-state index in [0.29, 0.717) is 10.8 Å². The Kier molecular flexibility index (Phi) is 19.3. The molecule has 0 radical (unpaired) electrons. The van der Waals surface area contributed by atoms with Gasteiger partial charge in [0.15, 0.2) is 0 Å². The minimum atomic E-state index is 0.359. The van der Waals surface area contributed by atoms with Crippen LogP contribution < -0.4 is 10.2 Å². The summed E-state index contributed by atoms with van der Waals surface area (Å²) in [6, 6.07) is 38.6. The van der Waals surface area contributed by atoms with Crippen LogP contribution in [0.4, 0.5) is 11.4 Å². The van der Waals surface area contributed by atoms with Gasteiger partial charge in [-0.1, -0.05) is 119 Å². The van der Waals surface area contributed by atoms with Gasteiger partial charge in [0.05, 0.1) is 0 Å². The summed E-state index contributed by atoms with van der Waals surface area (Å²) < 4.78 is 4.94. The Morgan fingerprint density at radius 2 is 1.08 bits per heavy atom. The number of halogens is 3.